The number of nitrogens with one attached hydrogen (secondary N) is 2. The number of hydrogen-bond donors (Lipinski definition) is 3. The summed E-state index contributed by atoms with van der Waals surface area (Å²) in [4.78, 5) is 4.66. The van der Waals surface area contributed by atoms with E-state index >= 15 is 0 Å². The number of rotatable bonds is 8. The Hall–Kier alpha value is -0.870. The fourth-order valence-corrected chi connectivity index (χ4v) is 3.81. The Morgan fingerprint density at radius 2 is 2.00 bits per heavy atom. The third-order valence-electron chi connectivity index (χ3n) is 4.55. The Kier molecular flexibility index (Phi) is 10.5. The maximum absolute atomic E-state index is 11.4. The van der Waals surface area contributed by atoms with Gasteiger partial charge in [-0.05, 0) is 43.4 Å². The van der Waals surface area contributed by atoms with Crippen molar-refractivity contribution in [1.29, 1.82) is 0 Å². The SMILES string of the molecule is CCNC(=NCc1cccc(S(N)(=O)=O)c1)NCCCC1CCCC1.I. The second-order valence-corrected chi connectivity index (χ2v) is 8.17. The largest absolute Gasteiger partial charge is 0.357 e. The van der Waals surface area contributed by atoms with E-state index in [1.807, 2.05) is 13.0 Å². The zero-order valence-corrected chi connectivity index (χ0v) is 18.6. The summed E-state index contributed by atoms with van der Waals surface area (Å²) in [6, 6.07) is 6.60. The van der Waals surface area contributed by atoms with E-state index in [4.69, 9.17) is 5.14 Å². The van der Waals surface area contributed by atoms with Crippen molar-refractivity contribution in [2.45, 2.75) is 56.9 Å². The number of benzene rings is 1. The van der Waals surface area contributed by atoms with Crippen molar-refractivity contribution >= 4 is 40.0 Å². The molecule has 8 heteroatoms. The number of hydrogen-bond acceptors (Lipinski definition) is 3. The molecule has 0 bridgehead atoms. The molecule has 0 atom stereocenters. The summed E-state index contributed by atoms with van der Waals surface area (Å²) in [5, 5.41) is 11.8. The maximum atomic E-state index is 11.4. The van der Waals surface area contributed by atoms with Gasteiger partial charge in [0.05, 0.1) is 11.4 Å². The Bertz CT molecular complexity index is 674. The third-order valence-corrected chi connectivity index (χ3v) is 5.46. The minimum absolute atomic E-state index is 0. The highest BCUT2D eigenvalue weighted by molar-refractivity contribution is 14.0. The first kappa shape index (κ1) is 23.2. The van der Waals surface area contributed by atoms with E-state index < -0.39 is 10.0 Å². The van der Waals surface area contributed by atoms with Crippen molar-refractivity contribution in [2.24, 2.45) is 16.0 Å². The standard InChI is InChI=1S/C18H30N4O2S.HI/c1-2-20-18(21-12-6-10-15-7-3-4-8-15)22-14-16-9-5-11-17(13-16)25(19,23)24;/h5,9,11,13,15H,2-4,6-8,10,12,14H2,1H3,(H2,19,23,24)(H2,20,21,22);1H. The van der Waals surface area contributed by atoms with Gasteiger partial charge in [0.15, 0.2) is 5.96 Å². The Labute approximate surface area is 174 Å². The van der Waals surface area contributed by atoms with E-state index in [2.05, 4.69) is 15.6 Å². The van der Waals surface area contributed by atoms with Gasteiger partial charge in [0.2, 0.25) is 10.0 Å². The number of guanidine groups is 1. The lowest BCUT2D eigenvalue weighted by atomic mass is 10.0. The zero-order valence-electron chi connectivity index (χ0n) is 15.4. The summed E-state index contributed by atoms with van der Waals surface area (Å²) in [7, 11) is -3.68. The molecule has 0 unspecified atom stereocenters. The zero-order chi connectivity index (χ0) is 18.1. The summed E-state index contributed by atoms with van der Waals surface area (Å²) < 4.78 is 22.9. The number of nitrogens with two attached hydrogens (primary N) is 1. The molecule has 0 saturated heterocycles. The Balaban J connectivity index is 0.00000338. The van der Waals surface area contributed by atoms with Crippen molar-refractivity contribution in [3.63, 3.8) is 0 Å². The topological polar surface area (TPSA) is 96.6 Å². The molecular formula is C18H31IN4O2S. The summed E-state index contributed by atoms with van der Waals surface area (Å²) in [6.45, 7) is 4.11. The first-order valence-electron chi connectivity index (χ1n) is 9.13. The summed E-state index contributed by atoms with van der Waals surface area (Å²) in [5.74, 6) is 1.66. The van der Waals surface area contributed by atoms with Crippen LogP contribution in [0.1, 0.15) is 51.0 Å². The molecule has 26 heavy (non-hydrogen) atoms. The molecule has 148 valence electrons. The molecule has 0 spiro atoms. The molecule has 1 aromatic rings. The van der Waals surface area contributed by atoms with Gasteiger partial charge in [0, 0.05) is 13.1 Å². The summed E-state index contributed by atoms with van der Waals surface area (Å²) in [6.07, 6.45) is 7.97. The predicted octanol–water partition coefficient (Wildman–Crippen LogP) is 2.98. The fourth-order valence-electron chi connectivity index (χ4n) is 3.23. The van der Waals surface area contributed by atoms with E-state index in [0.29, 0.717) is 6.54 Å². The molecule has 0 aromatic heterocycles. The van der Waals surface area contributed by atoms with Crippen LogP contribution in [0.15, 0.2) is 34.2 Å². The van der Waals surface area contributed by atoms with Crippen LogP contribution in [0.5, 0.6) is 0 Å². The van der Waals surface area contributed by atoms with Gasteiger partial charge in [0.1, 0.15) is 0 Å². The van der Waals surface area contributed by atoms with Gasteiger partial charge in [-0.25, -0.2) is 18.5 Å². The van der Waals surface area contributed by atoms with Crippen molar-refractivity contribution in [3.8, 4) is 0 Å². The van der Waals surface area contributed by atoms with Crippen LogP contribution >= 0.6 is 24.0 Å². The van der Waals surface area contributed by atoms with Gasteiger partial charge >= 0.3 is 0 Å². The second kappa shape index (κ2) is 11.8. The monoisotopic (exact) mass is 494 g/mol. The Morgan fingerprint density at radius 1 is 1.27 bits per heavy atom. The van der Waals surface area contributed by atoms with Gasteiger partial charge in [0.25, 0.3) is 0 Å². The molecular weight excluding hydrogens is 463 g/mol. The van der Waals surface area contributed by atoms with Crippen LogP contribution in [-0.2, 0) is 16.6 Å². The molecule has 2 rings (SSSR count). The number of nitrogens with zero attached hydrogens (tertiary/aromatic N) is 1. The molecule has 1 aliphatic carbocycles. The van der Waals surface area contributed by atoms with Crippen LogP contribution < -0.4 is 15.8 Å². The van der Waals surface area contributed by atoms with Crippen LogP contribution in [0, 0.1) is 5.92 Å². The average molecular weight is 494 g/mol. The lowest BCUT2D eigenvalue weighted by molar-refractivity contribution is 0.481. The van der Waals surface area contributed by atoms with Gasteiger partial charge in [-0.15, -0.1) is 24.0 Å². The normalized spacial score (nSPS) is 15.5. The van der Waals surface area contributed by atoms with Crippen molar-refractivity contribution < 1.29 is 8.42 Å². The van der Waals surface area contributed by atoms with Crippen molar-refractivity contribution in [3.05, 3.63) is 29.8 Å². The Morgan fingerprint density at radius 3 is 2.65 bits per heavy atom. The lowest BCUT2D eigenvalue weighted by Gasteiger charge is -2.13. The van der Waals surface area contributed by atoms with Gasteiger partial charge in [-0.3, -0.25) is 0 Å². The van der Waals surface area contributed by atoms with Crippen molar-refractivity contribution in [2.75, 3.05) is 13.1 Å². The quantitative estimate of drug-likeness (QED) is 0.224. The van der Waals surface area contributed by atoms with E-state index in [-0.39, 0.29) is 28.9 Å². The van der Waals surface area contributed by atoms with Crippen LogP contribution in [0.4, 0.5) is 0 Å². The van der Waals surface area contributed by atoms with Gasteiger partial charge in [-0.1, -0.05) is 37.8 Å². The van der Waals surface area contributed by atoms with Crippen LogP contribution in [0.3, 0.4) is 0 Å². The molecule has 6 nitrogen and oxygen atoms in total. The maximum Gasteiger partial charge on any atom is 0.238 e. The van der Waals surface area contributed by atoms with Gasteiger partial charge in [-0.2, -0.15) is 0 Å². The second-order valence-electron chi connectivity index (χ2n) is 6.61. The molecule has 0 heterocycles. The van der Waals surface area contributed by atoms with Gasteiger partial charge < -0.3 is 10.6 Å². The number of aliphatic imine (C=N–C) groups is 1. The minimum atomic E-state index is -3.68. The highest BCUT2D eigenvalue weighted by Crippen LogP contribution is 2.28. The molecule has 1 fully saturated rings. The lowest BCUT2D eigenvalue weighted by Crippen LogP contribution is -2.37. The predicted molar refractivity (Wildman–Crippen MR) is 117 cm³/mol. The summed E-state index contributed by atoms with van der Waals surface area (Å²) in [5.41, 5.74) is 0.815. The van der Waals surface area contributed by atoms with Crippen LogP contribution in [0.25, 0.3) is 0 Å². The number of sulfonamides is 1. The highest BCUT2D eigenvalue weighted by Gasteiger charge is 2.14. The minimum Gasteiger partial charge on any atom is -0.357 e. The van der Waals surface area contributed by atoms with E-state index in [9.17, 15) is 8.42 Å². The molecule has 1 saturated carbocycles. The molecule has 0 amide bonds. The van der Waals surface area contributed by atoms with Crippen LogP contribution in [0.2, 0.25) is 0 Å². The van der Waals surface area contributed by atoms with E-state index in [1.54, 1.807) is 12.1 Å². The van der Waals surface area contributed by atoms with Crippen LogP contribution in [-0.4, -0.2) is 27.5 Å². The third kappa shape index (κ3) is 8.22. The van der Waals surface area contributed by atoms with E-state index in [0.717, 1.165) is 37.0 Å². The fraction of sp³-hybridized carbons (Fsp3) is 0.611. The summed E-state index contributed by atoms with van der Waals surface area (Å²) >= 11 is 0. The number of primary sulfonamides is 1. The van der Waals surface area contributed by atoms with E-state index in [1.165, 1.54) is 38.2 Å². The highest BCUT2D eigenvalue weighted by atomic mass is 127. The van der Waals surface area contributed by atoms with Crippen molar-refractivity contribution in [1.82, 2.24) is 10.6 Å². The smallest absolute Gasteiger partial charge is 0.238 e. The molecule has 4 N–H and O–H groups in total. The number of halogens is 1. The molecule has 0 radical (unpaired) electrons. The molecule has 1 aromatic carbocycles. The first-order valence-corrected chi connectivity index (χ1v) is 10.7. The average Bonchev–Trinajstić information content (AvgIpc) is 3.09. The molecule has 0 aliphatic heterocycles. The molecule has 1 aliphatic rings. The first-order chi connectivity index (χ1) is 12.0.